The van der Waals surface area contributed by atoms with Gasteiger partial charge in [0, 0.05) is 11.4 Å². The minimum absolute atomic E-state index is 0.204. The SMILES string of the molecule is O=C(COC(=O)c1n[nH]c2ccccc12)NC1CCCCCC1. The van der Waals surface area contributed by atoms with Gasteiger partial charge in [-0.05, 0) is 18.9 Å². The van der Waals surface area contributed by atoms with Gasteiger partial charge in [-0.15, -0.1) is 0 Å². The number of rotatable bonds is 4. The monoisotopic (exact) mass is 315 g/mol. The van der Waals surface area contributed by atoms with E-state index in [1.54, 1.807) is 6.07 Å². The Morgan fingerprint density at radius 1 is 1.17 bits per heavy atom. The van der Waals surface area contributed by atoms with Gasteiger partial charge >= 0.3 is 5.97 Å². The number of H-pyrrole nitrogens is 1. The largest absolute Gasteiger partial charge is 0.451 e. The minimum atomic E-state index is -0.585. The maximum Gasteiger partial charge on any atom is 0.359 e. The standard InChI is InChI=1S/C17H21N3O3/c21-15(18-12-7-3-1-2-4-8-12)11-23-17(22)16-13-9-5-6-10-14(13)19-20-16/h5-6,9-10,12H,1-4,7-8,11H2,(H,18,21)(H,19,20). The lowest BCUT2D eigenvalue weighted by Crippen LogP contribution is -2.37. The minimum Gasteiger partial charge on any atom is -0.451 e. The fraction of sp³-hybridized carbons (Fsp3) is 0.471. The highest BCUT2D eigenvalue weighted by Gasteiger charge is 2.18. The Labute approximate surface area is 134 Å². The Kier molecular flexibility index (Phi) is 4.90. The number of carbonyl (C=O) groups is 2. The molecule has 1 aromatic carbocycles. The normalized spacial score (nSPS) is 16.0. The van der Waals surface area contributed by atoms with E-state index in [1.807, 2.05) is 18.2 Å². The molecule has 1 fully saturated rings. The number of esters is 1. The molecule has 1 saturated carbocycles. The zero-order valence-electron chi connectivity index (χ0n) is 13.0. The number of hydrogen-bond donors (Lipinski definition) is 2. The van der Waals surface area contributed by atoms with Crippen LogP contribution in [0.25, 0.3) is 10.9 Å². The van der Waals surface area contributed by atoms with Gasteiger partial charge in [0.25, 0.3) is 5.91 Å². The van der Waals surface area contributed by atoms with E-state index < -0.39 is 5.97 Å². The van der Waals surface area contributed by atoms with Crippen LogP contribution in [0.4, 0.5) is 0 Å². The maximum atomic E-state index is 12.1. The Morgan fingerprint density at radius 2 is 1.91 bits per heavy atom. The highest BCUT2D eigenvalue weighted by atomic mass is 16.5. The molecule has 1 amide bonds. The van der Waals surface area contributed by atoms with Crippen LogP contribution in [0.3, 0.4) is 0 Å². The van der Waals surface area contributed by atoms with Gasteiger partial charge in [-0.3, -0.25) is 9.89 Å². The zero-order valence-corrected chi connectivity index (χ0v) is 13.0. The molecule has 1 aliphatic rings. The van der Waals surface area contributed by atoms with Gasteiger partial charge < -0.3 is 10.1 Å². The van der Waals surface area contributed by atoms with Crippen LogP contribution in [0.2, 0.25) is 0 Å². The van der Waals surface area contributed by atoms with Gasteiger partial charge in [-0.2, -0.15) is 5.10 Å². The Balaban J connectivity index is 1.53. The summed E-state index contributed by atoms with van der Waals surface area (Å²) in [4.78, 5) is 24.0. The third-order valence-electron chi connectivity index (χ3n) is 4.22. The van der Waals surface area contributed by atoms with Crippen molar-refractivity contribution in [1.29, 1.82) is 0 Å². The van der Waals surface area contributed by atoms with E-state index in [2.05, 4.69) is 15.5 Å². The average molecular weight is 315 g/mol. The molecular formula is C17H21N3O3. The van der Waals surface area contributed by atoms with E-state index in [4.69, 9.17) is 4.74 Å². The lowest BCUT2D eigenvalue weighted by Gasteiger charge is -2.15. The molecule has 3 rings (SSSR count). The van der Waals surface area contributed by atoms with Crippen molar-refractivity contribution in [1.82, 2.24) is 15.5 Å². The third kappa shape index (κ3) is 3.88. The molecule has 2 aromatic rings. The van der Waals surface area contributed by atoms with Gasteiger partial charge in [0.15, 0.2) is 12.3 Å². The molecule has 1 aliphatic carbocycles. The first-order chi connectivity index (χ1) is 11.2. The molecule has 0 bridgehead atoms. The van der Waals surface area contributed by atoms with E-state index in [0.29, 0.717) is 5.39 Å². The number of carbonyl (C=O) groups excluding carboxylic acids is 2. The number of benzene rings is 1. The van der Waals surface area contributed by atoms with Gasteiger partial charge in [-0.25, -0.2) is 4.79 Å². The van der Waals surface area contributed by atoms with Crippen LogP contribution in [0, 0.1) is 0 Å². The molecule has 122 valence electrons. The van der Waals surface area contributed by atoms with Crippen molar-refractivity contribution >= 4 is 22.8 Å². The van der Waals surface area contributed by atoms with E-state index in [-0.39, 0.29) is 24.2 Å². The number of hydrogen-bond acceptors (Lipinski definition) is 4. The summed E-state index contributed by atoms with van der Waals surface area (Å²) in [5.41, 5.74) is 0.977. The topological polar surface area (TPSA) is 84.1 Å². The quantitative estimate of drug-likeness (QED) is 0.671. The highest BCUT2D eigenvalue weighted by Crippen LogP contribution is 2.17. The van der Waals surface area contributed by atoms with Crippen molar-refractivity contribution in [2.45, 2.75) is 44.6 Å². The van der Waals surface area contributed by atoms with E-state index >= 15 is 0 Å². The fourth-order valence-corrected chi connectivity index (χ4v) is 3.01. The molecule has 1 heterocycles. The molecular weight excluding hydrogens is 294 g/mol. The lowest BCUT2D eigenvalue weighted by atomic mass is 10.1. The van der Waals surface area contributed by atoms with Crippen LogP contribution >= 0.6 is 0 Å². The number of para-hydroxylation sites is 1. The van der Waals surface area contributed by atoms with Gasteiger partial charge in [0.05, 0.1) is 5.52 Å². The molecule has 6 nitrogen and oxygen atoms in total. The van der Waals surface area contributed by atoms with Crippen molar-refractivity contribution in [2.75, 3.05) is 6.61 Å². The average Bonchev–Trinajstić information content (AvgIpc) is 2.83. The Bertz CT molecular complexity index is 687. The Hall–Kier alpha value is -2.37. The van der Waals surface area contributed by atoms with Crippen molar-refractivity contribution in [2.24, 2.45) is 0 Å². The fourth-order valence-electron chi connectivity index (χ4n) is 3.01. The van der Waals surface area contributed by atoms with Crippen LogP contribution < -0.4 is 5.32 Å². The van der Waals surface area contributed by atoms with E-state index in [9.17, 15) is 9.59 Å². The summed E-state index contributed by atoms with van der Waals surface area (Å²) >= 11 is 0. The summed E-state index contributed by atoms with van der Waals surface area (Å²) in [7, 11) is 0. The zero-order chi connectivity index (χ0) is 16.1. The summed E-state index contributed by atoms with van der Waals surface area (Å²) in [6, 6.07) is 7.51. The highest BCUT2D eigenvalue weighted by molar-refractivity contribution is 6.02. The summed E-state index contributed by atoms with van der Waals surface area (Å²) in [5, 5.41) is 10.4. The molecule has 23 heavy (non-hydrogen) atoms. The number of fused-ring (bicyclic) bond motifs is 1. The maximum absolute atomic E-state index is 12.1. The first kappa shape index (κ1) is 15.5. The second-order valence-corrected chi connectivity index (χ2v) is 5.95. The molecule has 0 spiro atoms. The molecule has 0 aliphatic heterocycles. The molecule has 0 radical (unpaired) electrons. The number of amides is 1. The van der Waals surface area contributed by atoms with Crippen LogP contribution in [-0.4, -0.2) is 34.7 Å². The second-order valence-electron chi connectivity index (χ2n) is 5.95. The van der Waals surface area contributed by atoms with Crippen LogP contribution in [-0.2, 0) is 9.53 Å². The summed E-state index contributed by atoms with van der Waals surface area (Å²) in [6.45, 7) is -0.267. The van der Waals surface area contributed by atoms with Crippen molar-refractivity contribution in [3.05, 3.63) is 30.0 Å². The second kappa shape index (κ2) is 7.26. The predicted octanol–water partition coefficient (Wildman–Crippen LogP) is 2.56. The van der Waals surface area contributed by atoms with Gasteiger partial charge in [0.1, 0.15) is 0 Å². The smallest absolute Gasteiger partial charge is 0.359 e. The van der Waals surface area contributed by atoms with Gasteiger partial charge in [-0.1, -0.05) is 43.9 Å². The van der Waals surface area contributed by atoms with Crippen LogP contribution in [0.1, 0.15) is 49.0 Å². The van der Waals surface area contributed by atoms with Crippen LogP contribution in [0.5, 0.6) is 0 Å². The first-order valence-electron chi connectivity index (χ1n) is 8.13. The third-order valence-corrected chi connectivity index (χ3v) is 4.22. The molecule has 0 unspecified atom stereocenters. The Morgan fingerprint density at radius 3 is 2.70 bits per heavy atom. The first-order valence-corrected chi connectivity index (χ1v) is 8.13. The molecule has 0 saturated heterocycles. The number of aromatic nitrogens is 2. The summed E-state index contributed by atoms with van der Waals surface area (Å²) < 4.78 is 5.10. The van der Waals surface area contributed by atoms with Crippen LogP contribution in [0.15, 0.2) is 24.3 Å². The number of aromatic amines is 1. The van der Waals surface area contributed by atoms with Gasteiger partial charge in [0.2, 0.25) is 0 Å². The van der Waals surface area contributed by atoms with E-state index in [1.165, 1.54) is 12.8 Å². The van der Waals surface area contributed by atoms with E-state index in [0.717, 1.165) is 31.2 Å². The predicted molar refractivity (Wildman–Crippen MR) is 86.0 cm³/mol. The summed E-state index contributed by atoms with van der Waals surface area (Å²) in [6.07, 6.45) is 6.75. The van der Waals surface area contributed by atoms with Crippen molar-refractivity contribution < 1.29 is 14.3 Å². The lowest BCUT2D eigenvalue weighted by molar-refractivity contribution is -0.125. The summed E-state index contributed by atoms with van der Waals surface area (Å²) in [5.74, 6) is -0.830. The molecule has 0 atom stereocenters. The van der Waals surface area contributed by atoms with Crippen molar-refractivity contribution in [3.8, 4) is 0 Å². The molecule has 6 heteroatoms. The number of nitrogens with one attached hydrogen (secondary N) is 2. The van der Waals surface area contributed by atoms with Crippen molar-refractivity contribution in [3.63, 3.8) is 0 Å². The molecule has 1 aromatic heterocycles. The number of nitrogens with zero attached hydrogens (tertiary/aromatic N) is 1. The molecule has 2 N–H and O–H groups in total. The number of ether oxygens (including phenoxy) is 1.